The molecule has 1 fully saturated rings. The van der Waals surface area contributed by atoms with E-state index in [2.05, 4.69) is 34.1 Å². The highest BCUT2D eigenvalue weighted by atomic mass is 35.5. The topological polar surface area (TPSA) is 55.7 Å². The maximum atomic E-state index is 13.4. The minimum atomic E-state index is -0.260. The van der Waals surface area contributed by atoms with Crippen LogP contribution in [0.25, 0.3) is 22.4 Å². The highest BCUT2D eigenvalue weighted by Crippen LogP contribution is 2.38. The number of likely N-dealkylation sites (tertiary alicyclic amines) is 1. The number of rotatable bonds is 3. The summed E-state index contributed by atoms with van der Waals surface area (Å²) in [6.45, 7) is 2.15. The van der Waals surface area contributed by atoms with Crippen molar-refractivity contribution in [3.8, 4) is 28.5 Å². The molecule has 1 aliphatic rings. The number of hydrogen-bond donors (Lipinski definition) is 1. The van der Waals surface area contributed by atoms with Crippen molar-refractivity contribution < 1.29 is 4.39 Å². The SMILES string of the molecule is CN1CCC(c2cc(-c3ccncc3C#N)c(-c3ccc(F)cc3)[nH]2)CC1.Cl.Cl. The Morgan fingerprint density at radius 3 is 2.45 bits per heavy atom. The van der Waals surface area contributed by atoms with Gasteiger partial charge < -0.3 is 9.88 Å². The second kappa shape index (κ2) is 9.89. The number of nitrogens with zero attached hydrogens (tertiary/aromatic N) is 3. The zero-order chi connectivity index (χ0) is 18.8. The Balaban J connectivity index is 0.00000150. The van der Waals surface area contributed by atoms with Crippen molar-refractivity contribution in [2.45, 2.75) is 18.8 Å². The van der Waals surface area contributed by atoms with Crippen LogP contribution in [0.5, 0.6) is 0 Å². The summed E-state index contributed by atoms with van der Waals surface area (Å²) in [6.07, 6.45) is 5.49. The molecule has 3 heterocycles. The fraction of sp³-hybridized carbons (Fsp3) is 0.273. The number of pyridine rings is 1. The van der Waals surface area contributed by atoms with E-state index in [1.54, 1.807) is 24.5 Å². The standard InChI is InChI=1S/C22H21FN4.2ClH/c1-27-10-7-15(8-11-27)21-12-20(19-6-9-25-14-17(19)13-24)22(26-21)16-2-4-18(23)5-3-16;;/h2-6,9,12,14-15,26H,7-8,10-11H2,1H3;2*1H. The van der Waals surface area contributed by atoms with E-state index in [9.17, 15) is 9.65 Å². The largest absolute Gasteiger partial charge is 0.358 e. The number of hydrogen-bond acceptors (Lipinski definition) is 3. The molecule has 1 N–H and O–H groups in total. The van der Waals surface area contributed by atoms with Crippen molar-refractivity contribution in [2.24, 2.45) is 0 Å². The minimum Gasteiger partial charge on any atom is -0.358 e. The fourth-order valence-electron chi connectivity index (χ4n) is 3.79. The molecule has 0 amide bonds. The average molecular weight is 433 g/mol. The van der Waals surface area contributed by atoms with Crippen LogP contribution in [0.2, 0.25) is 0 Å². The van der Waals surface area contributed by atoms with E-state index in [0.29, 0.717) is 11.5 Å². The minimum absolute atomic E-state index is 0. The third kappa shape index (κ3) is 4.79. The number of halogens is 3. The molecule has 3 aromatic rings. The maximum Gasteiger partial charge on any atom is 0.123 e. The van der Waals surface area contributed by atoms with Crippen LogP contribution in [0.3, 0.4) is 0 Å². The zero-order valence-electron chi connectivity index (χ0n) is 16.1. The summed E-state index contributed by atoms with van der Waals surface area (Å²) in [6, 6.07) is 12.7. The molecular formula is C22H23Cl2FN4. The molecule has 4 rings (SSSR count). The Bertz CT molecular complexity index is 987. The van der Waals surface area contributed by atoms with Crippen LogP contribution in [-0.4, -0.2) is 35.0 Å². The van der Waals surface area contributed by atoms with E-state index in [0.717, 1.165) is 48.3 Å². The Labute approximate surface area is 182 Å². The highest BCUT2D eigenvalue weighted by molar-refractivity contribution is 5.86. The summed E-state index contributed by atoms with van der Waals surface area (Å²) in [5.74, 6) is 0.200. The van der Waals surface area contributed by atoms with Gasteiger partial charge in [0.2, 0.25) is 0 Å². The predicted octanol–water partition coefficient (Wildman–Crippen LogP) is 5.41. The molecule has 152 valence electrons. The summed E-state index contributed by atoms with van der Waals surface area (Å²) >= 11 is 0. The van der Waals surface area contributed by atoms with Gasteiger partial charge in [0.05, 0.1) is 11.3 Å². The molecule has 29 heavy (non-hydrogen) atoms. The van der Waals surface area contributed by atoms with Gasteiger partial charge in [0.25, 0.3) is 0 Å². The first kappa shape index (κ1) is 22.9. The van der Waals surface area contributed by atoms with Gasteiger partial charge >= 0.3 is 0 Å². The van der Waals surface area contributed by atoms with E-state index < -0.39 is 0 Å². The molecule has 1 saturated heterocycles. The highest BCUT2D eigenvalue weighted by Gasteiger charge is 2.23. The van der Waals surface area contributed by atoms with Crippen LogP contribution in [0, 0.1) is 17.1 Å². The van der Waals surface area contributed by atoms with E-state index in [-0.39, 0.29) is 30.6 Å². The molecule has 0 saturated carbocycles. The normalized spacial score (nSPS) is 14.5. The van der Waals surface area contributed by atoms with Gasteiger partial charge in [-0.15, -0.1) is 24.8 Å². The molecule has 0 aliphatic carbocycles. The molecule has 0 bridgehead atoms. The van der Waals surface area contributed by atoms with Crippen LogP contribution >= 0.6 is 24.8 Å². The first-order chi connectivity index (χ1) is 13.2. The summed E-state index contributed by atoms with van der Waals surface area (Å²) in [5, 5.41) is 9.51. The van der Waals surface area contributed by atoms with Crippen molar-refractivity contribution in [2.75, 3.05) is 20.1 Å². The third-order valence-electron chi connectivity index (χ3n) is 5.36. The molecule has 1 aliphatic heterocycles. The zero-order valence-corrected chi connectivity index (χ0v) is 17.7. The van der Waals surface area contributed by atoms with Crippen molar-refractivity contribution in [3.63, 3.8) is 0 Å². The fourth-order valence-corrected chi connectivity index (χ4v) is 3.79. The van der Waals surface area contributed by atoms with Gasteiger partial charge in [-0.2, -0.15) is 5.26 Å². The molecule has 0 atom stereocenters. The Morgan fingerprint density at radius 1 is 1.10 bits per heavy atom. The molecule has 7 heteroatoms. The number of nitrogens with one attached hydrogen (secondary N) is 1. The van der Waals surface area contributed by atoms with Gasteiger partial charge in [0.15, 0.2) is 0 Å². The lowest BCUT2D eigenvalue weighted by Crippen LogP contribution is -2.29. The Kier molecular flexibility index (Phi) is 7.80. The van der Waals surface area contributed by atoms with Crippen LogP contribution in [-0.2, 0) is 0 Å². The molecule has 0 radical (unpaired) electrons. The van der Waals surface area contributed by atoms with Crippen LogP contribution in [0.1, 0.15) is 30.0 Å². The number of piperidine rings is 1. The second-order valence-corrected chi connectivity index (χ2v) is 7.13. The van der Waals surface area contributed by atoms with Crippen molar-refractivity contribution in [1.82, 2.24) is 14.9 Å². The van der Waals surface area contributed by atoms with Gasteiger partial charge in [0.1, 0.15) is 11.9 Å². The van der Waals surface area contributed by atoms with Gasteiger partial charge in [-0.25, -0.2) is 4.39 Å². The van der Waals surface area contributed by atoms with Crippen molar-refractivity contribution in [1.29, 1.82) is 5.26 Å². The van der Waals surface area contributed by atoms with Crippen LogP contribution in [0.4, 0.5) is 4.39 Å². The third-order valence-corrected chi connectivity index (χ3v) is 5.36. The summed E-state index contributed by atoms with van der Waals surface area (Å²) in [5.41, 5.74) is 5.36. The Morgan fingerprint density at radius 2 is 1.79 bits per heavy atom. The first-order valence-corrected chi connectivity index (χ1v) is 9.17. The van der Waals surface area contributed by atoms with Gasteiger partial charge in [0, 0.05) is 35.1 Å². The quantitative estimate of drug-likeness (QED) is 0.601. The lowest BCUT2D eigenvalue weighted by molar-refractivity contribution is 0.253. The monoisotopic (exact) mass is 432 g/mol. The van der Waals surface area contributed by atoms with Crippen molar-refractivity contribution in [3.05, 3.63) is 65.9 Å². The number of benzene rings is 1. The number of aromatic amines is 1. The molecule has 4 nitrogen and oxygen atoms in total. The first-order valence-electron chi connectivity index (χ1n) is 9.17. The number of H-pyrrole nitrogens is 1. The van der Waals surface area contributed by atoms with E-state index in [1.807, 2.05) is 6.07 Å². The van der Waals surface area contributed by atoms with E-state index >= 15 is 0 Å². The lowest BCUT2D eigenvalue weighted by Gasteiger charge is -2.28. The smallest absolute Gasteiger partial charge is 0.123 e. The molecular weight excluding hydrogens is 410 g/mol. The molecule has 0 spiro atoms. The van der Waals surface area contributed by atoms with Gasteiger partial charge in [-0.3, -0.25) is 4.98 Å². The summed E-state index contributed by atoms with van der Waals surface area (Å²) in [7, 11) is 2.15. The number of nitriles is 1. The lowest BCUT2D eigenvalue weighted by atomic mass is 9.93. The van der Waals surface area contributed by atoms with Crippen molar-refractivity contribution >= 4 is 24.8 Å². The molecule has 1 aromatic carbocycles. The average Bonchev–Trinajstić information content (AvgIpc) is 3.14. The van der Waals surface area contributed by atoms with Gasteiger partial charge in [-0.05, 0) is 74.9 Å². The predicted molar refractivity (Wildman–Crippen MR) is 118 cm³/mol. The Hall–Kier alpha value is -2.39. The van der Waals surface area contributed by atoms with E-state index in [1.165, 1.54) is 17.8 Å². The van der Waals surface area contributed by atoms with Gasteiger partial charge in [-0.1, -0.05) is 0 Å². The van der Waals surface area contributed by atoms with Crippen LogP contribution in [0.15, 0.2) is 48.8 Å². The van der Waals surface area contributed by atoms with E-state index in [4.69, 9.17) is 0 Å². The maximum absolute atomic E-state index is 13.4. The summed E-state index contributed by atoms with van der Waals surface area (Å²) in [4.78, 5) is 10.00. The van der Waals surface area contributed by atoms with Crippen LogP contribution < -0.4 is 0 Å². The molecule has 0 unspecified atom stereocenters. The molecule has 2 aromatic heterocycles. The second-order valence-electron chi connectivity index (χ2n) is 7.13. The number of aromatic nitrogens is 2. The summed E-state index contributed by atoms with van der Waals surface area (Å²) < 4.78 is 13.4.